The molecule has 0 spiro atoms. The number of anilines is 1. The first-order chi connectivity index (χ1) is 8.16. The van der Waals surface area contributed by atoms with Gasteiger partial charge in [0.05, 0.1) is 5.92 Å². The summed E-state index contributed by atoms with van der Waals surface area (Å²) in [6.45, 7) is 2.50. The fraction of sp³-hybridized carbons (Fsp3) is 0.727. The molecule has 0 radical (unpaired) electrons. The molecule has 6 heteroatoms. The predicted molar refractivity (Wildman–Crippen MR) is 66.4 cm³/mol. The van der Waals surface area contributed by atoms with Crippen LogP contribution < -0.4 is 5.32 Å². The second-order valence-electron chi connectivity index (χ2n) is 4.54. The first kappa shape index (κ1) is 12.3. The van der Waals surface area contributed by atoms with Gasteiger partial charge < -0.3 is 10.4 Å². The topological polar surface area (TPSA) is 75.1 Å². The van der Waals surface area contributed by atoms with Gasteiger partial charge in [0, 0.05) is 24.0 Å². The number of aromatic nitrogens is 2. The third-order valence-electron chi connectivity index (χ3n) is 2.90. The van der Waals surface area contributed by atoms with Gasteiger partial charge in [-0.05, 0) is 25.7 Å². The minimum absolute atomic E-state index is 0.270. The first-order valence-electron chi connectivity index (χ1n) is 5.97. The van der Waals surface area contributed by atoms with Crippen molar-refractivity contribution in [2.24, 2.45) is 5.92 Å². The molecule has 2 rings (SSSR count). The van der Waals surface area contributed by atoms with E-state index in [0.29, 0.717) is 12.3 Å². The Morgan fingerprint density at radius 3 is 3.06 bits per heavy atom. The fourth-order valence-electron chi connectivity index (χ4n) is 1.54. The molecule has 0 aliphatic heterocycles. The molecule has 2 N–H and O–H groups in total. The van der Waals surface area contributed by atoms with Crippen molar-refractivity contribution in [3.63, 3.8) is 0 Å². The highest BCUT2D eigenvalue weighted by Crippen LogP contribution is 2.39. The van der Waals surface area contributed by atoms with Gasteiger partial charge >= 0.3 is 5.97 Å². The molecule has 1 saturated carbocycles. The zero-order chi connectivity index (χ0) is 12.3. The third kappa shape index (κ3) is 3.66. The van der Waals surface area contributed by atoms with E-state index in [0.717, 1.165) is 23.9 Å². The lowest BCUT2D eigenvalue weighted by Crippen LogP contribution is -2.11. The van der Waals surface area contributed by atoms with Gasteiger partial charge in [-0.1, -0.05) is 6.92 Å². The summed E-state index contributed by atoms with van der Waals surface area (Å²) in [5, 5.41) is 12.8. The number of nitrogens with zero attached hydrogens (tertiary/aromatic N) is 2. The van der Waals surface area contributed by atoms with E-state index in [4.69, 9.17) is 5.11 Å². The van der Waals surface area contributed by atoms with Crippen molar-refractivity contribution in [3.8, 4) is 0 Å². The van der Waals surface area contributed by atoms with Crippen LogP contribution in [0, 0.1) is 5.92 Å². The van der Waals surface area contributed by atoms with Crippen molar-refractivity contribution >= 4 is 22.6 Å². The maximum Gasteiger partial charge on any atom is 0.306 e. The van der Waals surface area contributed by atoms with Crippen LogP contribution in [0.3, 0.4) is 0 Å². The zero-order valence-electron chi connectivity index (χ0n) is 9.85. The Morgan fingerprint density at radius 1 is 1.65 bits per heavy atom. The van der Waals surface area contributed by atoms with E-state index in [2.05, 4.69) is 14.7 Å². The van der Waals surface area contributed by atoms with Gasteiger partial charge in [-0.15, -0.1) is 0 Å². The lowest BCUT2D eigenvalue weighted by atomic mass is 10.1. The van der Waals surface area contributed by atoms with Crippen LogP contribution in [0.5, 0.6) is 0 Å². The number of carboxylic acid groups (broad SMARTS) is 1. The maximum absolute atomic E-state index is 10.6. The number of hydrogen-bond donors (Lipinski definition) is 2. The summed E-state index contributed by atoms with van der Waals surface area (Å²) in [6, 6.07) is 0. The molecule has 5 nitrogen and oxygen atoms in total. The second-order valence-corrected chi connectivity index (χ2v) is 5.29. The average Bonchev–Trinajstić information content (AvgIpc) is 3.04. The quantitative estimate of drug-likeness (QED) is 0.731. The Hall–Kier alpha value is -1.17. The van der Waals surface area contributed by atoms with Crippen LogP contribution >= 0.6 is 11.5 Å². The largest absolute Gasteiger partial charge is 0.481 e. The summed E-state index contributed by atoms with van der Waals surface area (Å²) in [5.74, 6) is 0.565. The number of rotatable bonds is 7. The molecule has 0 amide bonds. The number of hydrogen-bond acceptors (Lipinski definition) is 5. The summed E-state index contributed by atoms with van der Waals surface area (Å²) in [6.07, 6.45) is 3.96. The number of nitrogens with one attached hydrogen (secondary N) is 1. The molecule has 1 unspecified atom stereocenters. The monoisotopic (exact) mass is 255 g/mol. The minimum Gasteiger partial charge on any atom is -0.481 e. The fourth-order valence-corrected chi connectivity index (χ4v) is 2.21. The molecule has 1 atom stereocenters. The van der Waals surface area contributed by atoms with Gasteiger partial charge in [0.2, 0.25) is 5.13 Å². The van der Waals surface area contributed by atoms with Crippen molar-refractivity contribution in [1.29, 1.82) is 0 Å². The average molecular weight is 255 g/mol. The van der Waals surface area contributed by atoms with Crippen LogP contribution in [0.2, 0.25) is 0 Å². The molecular formula is C11H17N3O2S. The second kappa shape index (κ2) is 5.44. The molecule has 1 heterocycles. The number of carboxylic acids is 1. The van der Waals surface area contributed by atoms with Gasteiger partial charge in [-0.25, -0.2) is 4.98 Å². The Kier molecular flexibility index (Phi) is 3.93. The van der Waals surface area contributed by atoms with E-state index in [1.54, 1.807) is 6.92 Å². The highest BCUT2D eigenvalue weighted by atomic mass is 32.1. The predicted octanol–water partition coefficient (Wildman–Crippen LogP) is 2.33. The lowest BCUT2D eigenvalue weighted by Gasteiger charge is -2.05. The first-order valence-corrected chi connectivity index (χ1v) is 6.74. The van der Waals surface area contributed by atoms with Crippen LogP contribution in [0.4, 0.5) is 5.13 Å². The minimum atomic E-state index is -0.725. The molecule has 0 aromatic carbocycles. The summed E-state index contributed by atoms with van der Waals surface area (Å²) in [5.41, 5.74) is 0. The molecule has 1 aromatic heterocycles. The Labute approximate surface area is 104 Å². The lowest BCUT2D eigenvalue weighted by molar-refractivity contribution is -0.141. The highest BCUT2D eigenvalue weighted by molar-refractivity contribution is 7.09. The van der Waals surface area contributed by atoms with E-state index in [1.165, 1.54) is 24.4 Å². The van der Waals surface area contributed by atoms with Gasteiger partial charge in [0.15, 0.2) is 0 Å². The van der Waals surface area contributed by atoms with Crippen molar-refractivity contribution < 1.29 is 9.90 Å². The van der Waals surface area contributed by atoms with Crippen molar-refractivity contribution in [3.05, 3.63) is 5.82 Å². The van der Waals surface area contributed by atoms with Gasteiger partial charge in [0.25, 0.3) is 0 Å². The van der Waals surface area contributed by atoms with Gasteiger partial charge in [-0.3, -0.25) is 4.79 Å². The van der Waals surface area contributed by atoms with Crippen LogP contribution in [0.15, 0.2) is 0 Å². The van der Waals surface area contributed by atoms with Crippen LogP contribution in [0.1, 0.15) is 44.3 Å². The molecule has 1 aliphatic rings. The number of carbonyl (C=O) groups is 1. The molecule has 1 aromatic rings. The highest BCUT2D eigenvalue weighted by Gasteiger charge is 2.27. The van der Waals surface area contributed by atoms with Gasteiger partial charge in [0.1, 0.15) is 5.82 Å². The summed E-state index contributed by atoms with van der Waals surface area (Å²) in [4.78, 5) is 15.0. The van der Waals surface area contributed by atoms with Gasteiger partial charge in [-0.2, -0.15) is 4.37 Å². The standard InChI is InChI=1S/C11H17N3O2S/c1-7(10(15)16)3-2-6-12-11-13-9(14-17-11)8-4-5-8/h7-8H,2-6H2,1H3,(H,15,16)(H,12,13,14). The molecule has 0 bridgehead atoms. The number of aliphatic carboxylic acids is 1. The third-order valence-corrected chi connectivity index (χ3v) is 3.58. The molecule has 17 heavy (non-hydrogen) atoms. The van der Waals surface area contributed by atoms with Crippen LogP contribution in [-0.2, 0) is 4.79 Å². The zero-order valence-corrected chi connectivity index (χ0v) is 10.7. The van der Waals surface area contributed by atoms with E-state index >= 15 is 0 Å². The normalized spacial score (nSPS) is 16.8. The Bertz CT molecular complexity index is 390. The molecule has 1 fully saturated rings. The summed E-state index contributed by atoms with van der Waals surface area (Å²) >= 11 is 1.39. The van der Waals surface area contributed by atoms with Crippen LogP contribution in [0.25, 0.3) is 0 Å². The smallest absolute Gasteiger partial charge is 0.306 e. The summed E-state index contributed by atoms with van der Waals surface area (Å²) in [7, 11) is 0. The SMILES string of the molecule is CC(CCCNc1nc(C2CC2)ns1)C(=O)O. The van der Waals surface area contributed by atoms with Crippen molar-refractivity contribution in [2.45, 2.75) is 38.5 Å². The van der Waals surface area contributed by atoms with E-state index in [1.807, 2.05) is 0 Å². The van der Waals surface area contributed by atoms with E-state index < -0.39 is 5.97 Å². The Morgan fingerprint density at radius 2 is 2.41 bits per heavy atom. The molecule has 1 aliphatic carbocycles. The molecule has 0 saturated heterocycles. The molecular weight excluding hydrogens is 238 g/mol. The molecule has 94 valence electrons. The van der Waals surface area contributed by atoms with Crippen molar-refractivity contribution in [2.75, 3.05) is 11.9 Å². The van der Waals surface area contributed by atoms with Crippen molar-refractivity contribution in [1.82, 2.24) is 9.36 Å². The van der Waals surface area contributed by atoms with E-state index in [9.17, 15) is 4.79 Å². The Balaban J connectivity index is 1.65. The van der Waals surface area contributed by atoms with E-state index in [-0.39, 0.29) is 5.92 Å². The maximum atomic E-state index is 10.6. The summed E-state index contributed by atoms with van der Waals surface area (Å²) < 4.78 is 4.29. The van der Waals surface area contributed by atoms with Crippen LogP contribution in [-0.4, -0.2) is 27.0 Å².